The lowest BCUT2D eigenvalue weighted by molar-refractivity contribution is 0.183. The van der Waals surface area contributed by atoms with Gasteiger partial charge in [0.2, 0.25) is 0 Å². The van der Waals surface area contributed by atoms with Crippen LogP contribution in [0.4, 0.5) is 0 Å². The van der Waals surface area contributed by atoms with Gasteiger partial charge < -0.3 is 14.4 Å². The molecule has 1 N–H and O–H groups in total. The van der Waals surface area contributed by atoms with Gasteiger partial charge >= 0.3 is 0 Å². The molecule has 0 amide bonds. The summed E-state index contributed by atoms with van der Waals surface area (Å²) in [5.74, 6) is 1.55. The summed E-state index contributed by atoms with van der Waals surface area (Å²) in [4.78, 5) is 2.44. The van der Waals surface area contributed by atoms with Gasteiger partial charge in [-0.1, -0.05) is 24.1 Å². The summed E-state index contributed by atoms with van der Waals surface area (Å²) >= 11 is 0. The second-order valence-electron chi connectivity index (χ2n) is 6.20. The smallest absolute Gasteiger partial charge is 0.160 e. The van der Waals surface area contributed by atoms with E-state index in [0.29, 0.717) is 5.75 Å². The molecular weight excluding hydrogens is 292 g/mol. The SMILES string of the molecule is COc1ccc(CN2CCCCC[C@H]2c2cc(C)on2)cc1O. The van der Waals surface area contributed by atoms with E-state index in [-0.39, 0.29) is 11.8 Å². The topological polar surface area (TPSA) is 58.7 Å². The Bertz CT molecular complexity index is 653. The number of hydrogen-bond acceptors (Lipinski definition) is 5. The van der Waals surface area contributed by atoms with Gasteiger partial charge in [0.1, 0.15) is 11.5 Å². The zero-order chi connectivity index (χ0) is 16.2. The molecule has 23 heavy (non-hydrogen) atoms. The van der Waals surface area contributed by atoms with Crippen molar-refractivity contribution >= 4 is 0 Å². The highest BCUT2D eigenvalue weighted by atomic mass is 16.5. The van der Waals surface area contributed by atoms with Gasteiger partial charge in [-0.3, -0.25) is 4.90 Å². The van der Waals surface area contributed by atoms with Crippen LogP contribution in [0.2, 0.25) is 0 Å². The fourth-order valence-electron chi connectivity index (χ4n) is 3.30. The first-order valence-corrected chi connectivity index (χ1v) is 8.20. The number of methoxy groups -OCH3 is 1. The van der Waals surface area contributed by atoms with Crippen LogP contribution in [-0.4, -0.2) is 28.8 Å². The second kappa shape index (κ2) is 7.04. The molecule has 1 aromatic heterocycles. The van der Waals surface area contributed by atoms with E-state index in [4.69, 9.17) is 9.26 Å². The van der Waals surface area contributed by atoms with Gasteiger partial charge in [0, 0.05) is 12.6 Å². The Morgan fingerprint density at radius 2 is 2.17 bits per heavy atom. The van der Waals surface area contributed by atoms with Crippen LogP contribution in [0.25, 0.3) is 0 Å². The third-order valence-corrected chi connectivity index (χ3v) is 4.48. The maximum Gasteiger partial charge on any atom is 0.160 e. The van der Waals surface area contributed by atoms with E-state index in [1.807, 2.05) is 25.1 Å². The zero-order valence-electron chi connectivity index (χ0n) is 13.8. The van der Waals surface area contributed by atoms with Crippen LogP contribution in [0.3, 0.4) is 0 Å². The van der Waals surface area contributed by atoms with Crippen LogP contribution in [0, 0.1) is 6.92 Å². The van der Waals surface area contributed by atoms with Gasteiger partial charge in [-0.15, -0.1) is 0 Å². The van der Waals surface area contributed by atoms with Crippen molar-refractivity contribution in [3.8, 4) is 11.5 Å². The Hall–Kier alpha value is -2.01. The van der Waals surface area contributed by atoms with Crippen LogP contribution >= 0.6 is 0 Å². The van der Waals surface area contributed by atoms with Crippen molar-refractivity contribution in [2.75, 3.05) is 13.7 Å². The number of benzene rings is 1. The number of phenolic OH excluding ortho intramolecular Hbond substituents is 1. The first-order chi connectivity index (χ1) is 11.2. The lowest BCUT2D eigenvalue weighted by Crippen LogP contribution is -2.28. The number of phenols is 1. The lowest BCUT2D eigenvalue weighted by Gasteiger charge is -2.28. The van der Waals surface area contributed by atoms with Crippen molar-refractivity contribution in [1.82, 2.24) is 10.1 Å². The Morgan fingerprint density at radius 1 is 1.30 bits per heavy atom. The maximum absolute atomic E-state index is 9.99. The minimum absolute atomic E-state index is 0.189. The zero-order valence-corrected chi connectivity index (χ0v) is 13.8. The van der Waals surface area contributed by atoms with Crippen LogP contribution in [0.5, 0.6) is 11.5 Å². The average Bonchev–Trinajstić information content (AvgIpc) is 2.83. The minimum Gasteiger partial charge on any atom is -0.504 e. The highest BCUT2D eigenvalue weighted by molar-refractivity contribution is 5.41. The van der Waals surface area contributed by atoms with Crippen LogP contribution in [0.1, 0.15) is 48.7 Å². The third kappa shape index (κ3) is 3.67. The van der Waals surface area contributed by atoms with E-state index in [2.05, 4.69) is 10.1 Å². The summed E-state index contributed by atoms with van der Waals surface area (Å²) in [7, 11) is 1.56. The molecule has 0 aliphatic carbocycles. The average molecular weight is 316 g/mol. The monoisotopic (exact) mass is 316 g/mol. The van der Waals surface area contributed by atoms with Gasteiger partial charge in [0.25, 0.3) is 0 Å². The van der Waals surface area contributed by atoms with Crippen molar-refractivity contribution in [3.63, 3.8) is 0 Å². The highest BCUT2D eigenvalue weighted by Gasteiger charge is 2.25. The molecule has 124 valence electrons. The molecule has 0 saturated carbocycles. The van der Waals surface area contributed by atoms with Crippen LogP contribution < -0.4 is 4.74 Å². The van der Waals surface area contributed by atoms with E-state index in [9.17, 15) is 5.11 Å². The fraction of sp³-hybridized carbons (Fsp3) is 0.500. The first kappa shape index (κ1) is 15.9. The molecule has 1 atom stereocenters. The summed E-state index contributed by atoms with van der Waals surface area (Å²) in [6.07, 6.45) is 4.74. The fourth-order valence-corrected chi connectivity index (χ4v) is 3.30. The molecule has 0 spiro atoms. The molecule has 5 nitrogen and oxygen atoms in total. The summed E-state index contributed by atoms with van der Waals surface area (Å²) in [5, 5.41) is 14.2. The number of ether oxygens (including phenoxy) is 1. The van der Waals surface area contributed by atoms with Gasteiger partial charge in [-0.25, -0.2) is 0 Å². The normalized spacial score (nSPS) is 19.5. The van der Waals surface area contributed by atoms with Crippen LogP contribution in [0.15, 0.2) is 28.8 Å². The summed E-state index contributed by atoms with van der Waals surface area (Å²) < 4.78 is 10.4. The number of aromatic hydroxyl groups is 1. The predicted molar refractivity (Wildman–Crippen MR) is 87.5 cm³/mol. The number of hydrogen-bond donors (Lipinski definition) is 1. The molecule has 2 aromatic rings. The van der Waals surface area contributed by atoms with Gasteiger partial charge in [-0.2, -0.15) is 0 Å². The van der Waals surface area contributed by atoms with Gasteiger partial charge in [-0.05, 0) is 44.0 Å². The molecule has 5 heteroatoms. The molecule has 0 unspecified atom stereocenters. The molecule has 1 fully saturated rings. The van der Waals surface area contributed by atoms with Crippen molar-refractivity contribution in [2.45, 2.75) is 45.2 Å². The van der Waals surface area contributed by atoms with E-state index < -0.39 is 0 Å². The van der Waals surface area contributed by atoms with Crippen molar-refractivity contribution in [3.05, 3.63) is 41.3 Å². The maximum atomic E-state index is 9.99. The van der Waals surface area contributed by atoms with Crippen molar-refractivity contribution in [1.29, 1.82) is 0 Å². The molecule has 0 bridgehead atoms. The molecule has 2 heterocycles. The summed E-state index contributed by atoms with van der Waals surface area (Å²) in [6, 6.07) is 7.93. The van der Waals surface area contributed by atoms with E-state index in [0.717, 1.165) is 36.5 Å². The highest BCUT2D eigenvalue weighted by Crippen LogP contribution is 2.33. The molecule has 1 aliphatic rings. The van der Waals surface area contributed by atoms with E-state index in [1.54, 1.807) is 13.2 Å². The van der Waals surface area contributed by atoms with Crippen LogP contribution in [-0.2, 0) is 6.54 Å². The Morgan fingerprint density at radius 3 is 2.87 bits per heavy atom. The first-order valence-electron chi connectivity index (χ1n) is 8.20. The van der Waals surface area contributed by atoms with Gasteiger partial charge in [0.05, 0.1) is 13.2 Å². The Balaban J connectivity index is 1.81. The largest absolute Gasteiger partial charge is 0.504 e. The number of likely N-dealkylation sites (tertiary alicyclic amines) is 1. The predicted octanol–water partition coefficient (Wildman–Crippen LogP) is 3.81. The van der Waals surface area contributed by atoms with Crippen molar-refractivity contribution in [2.24, 2.45) is 0 Å². The minimum atomic E-state index is 0.189. The van der Waals surface area contributed by atoms with E-state index >= 15 is 0 Å². The number of aryl methyl sites for hydroxylation is 1. The second-order valence-corrected chi connectivity index (χ2v) is 6.20. The van der Waals surface area contributed by atoms with Crippen molar-refractivity contribution < 1.29 is 14.4 Å². The van der Waals surface area contributed by atoms with Gasteiger partial charge in [0.15, 0.2) is 11.5 Å². The molecule has 1 aliphatic heterocycles. The Kier molecular flexibility index (Phi) is 4.86. The molecule has 0 radical (unpaired) electrons. The molecule has 1 aromatic carbocycles. The standard InChI is InChI=1S/C18H24N2O3/c1-13-10-15(19-23-13)16-6-4-3-5-9-20(16)12-14-7-8-18(22-2)17(21)11-14/h7-8,10-11,16,21H,3-6,9,12H2,1-2H3/t16-/m0/s1. The number of nitrogens with zero attached hydrogens (tertiary/aromatic N) is 2. The lowest BCUT2D eigenvalue weighted by atomic mass is 10.1. The third-order valence-electron chi connectivity index (χ3n) is 4.48. The quantitative estimate of drug-likeness (QED) is 0.929. The Labute approximate surface area is 136 Å². The van der Waals surface area contributed by atoms with E-state index in [1.165, 1.54) is 19.3 Å². The number of rotatable bonds is 4. The molecular formula is C18H24N2O3. The molecule has 3 rings (SSSR count). The summed E-state index contributed by atoms with van der Waals surface area (Å²) in [5.41, 5.74) is 2.09. The number of aromatic nitrogens is 1. The summed E-state index contributed by atoms with van der Waals surface area (Å²) in [6.45, 7) is 3.75. The molecule has 1 saturated heterocycles.